The largest absolute Gasteiger partial charge is 0.480 e. The molecule has 1 heterocycles. The number of sulfonamides is 1. The van der Waals surface area contributed by atoms with Crippen molar-refractivity contribution in [2.75, 3.05) is 5.32 Å². The van der Waals surface area contributed by atoms with Crippen LogP contribution in [0.25, 0.3) is 0 Å². The van der Waals surface area contributed by atoms with Crippen LogP contribution in [0.5, 0.6) is 0 Å². The van der Waals surface area contributed by atoms with Gasteiger partial charge < -0.3 is 10.4 Å². The van der Waals surface area contributed by atoms with E-state index in [1.807, 2.05) is 0 Å². The molecule has 1 saturated heterocycles. The number of benzene rings is 1. The monoisotopic (exact) mass is 380 g/mol. The Kier molecular flexibility index (Phi) is 5.34. The van der Waals surface area contributed by atoms with Crippen LogP contribution >= 0.6 is 0 Å². The SMILES string of the molecule is CCC(=O)Nc1ccc(S(=O)(=O)N2C(C(=O)O)CC3CCCCC32)cc1. The van der Waals surface area contributed by atoms with Gasteiger partial charge in [0.1, 0.15) is 6.04 Å². The predicted molar refractivity (Wildman–Crippen MR) is 96.2 cm³/mol. The van der Waals surface area contributed by atoms with Crippen molar-refractivity contribution in [2.24, 2.45) is 5.92 Å². The second-order valence-electron chi connectivity index (χ2n) is 6.96. The first-order valence-electron chi connectivity index (χ1n) is 9.01. The van der Waals surface area contributed by atoms with Gasteiger partial charge in [0.25, 0.3) is 0 Å². The van der Waals surface area contributed by atoms with Gasteiger partial charge in [0.15, 0.2) is 0 Å². The summed E-state index contributed by atoms with van der Waals surface area (Å²) in [5, 5.41) is 12.2. The first kappa shape index (κ1) is 18.8. The van der Waals surface area contributed by atoms with Crippen LogP contribution in [-0.2, 0) is 19.6 Å². The number of amides is 1. The predicted octanol–water partition coefficient (Wildman–Crippen LogP) is 2.44. The Bertz CT molecular complexity index is 790. The highest BCUT2D eigenvalue weighted by atomic mass is 32.2. The number of carbonyl (C=O) groups excluding carboxylic acids is 1. The van der Waals surface area contributed by atoms with Crippen LogP contribution < -0.4 is 5.32 Å². The molecule has 8 heteroatoms. The number of hydrogen-bond acceptors (Lipinski definition) is 4. The molecule has 1 aliphatic carbocycles. The lowest BCUT2D eigenvalue weighted by Crippen LogP contribution is -2.46. The highest BCUT2D eigenvalue weighted by molar-refractivity contribution is 7.89. The van der Waals surface area contributed by atoms with Gasteiger partial charge in [0.2, 0.25) is 15.9 Å². The van der Waals surface area contributed by atoms with Gasteiger partial charge in [0.05, 0.1) is 4.90 Å². The molecule has 2 N–H and O–H groups in total. The third kappa shape index (κ3) is 3.48. The highest BCUT2D eigenvalue weighted by Crippen LogP contribution is 2.42. The summed E-state index contributed by atoms with van der Waals surface area (Å²) >= 11 is 0. The maximum Gasteiger partial charge on any atom is 0.322 e. The van der Waals surface area contributed by atoms with E-state index < -0.39 is 22.0 Å². The van der Waals surface area contributed by atoms with Gasteiger partial charge in [-0.1, -0.05) is 19.8 Å². The Balaban J connectivity index is 1.90. The molecule has 1 aromatic carbocycles. The molecule has 1 aromatic rings. The Labute approximate surface area is 153 Å². The van der Waals surface area contributed by atoms with E-state index in [9.17, 15) is 23.1 Å². The van der Waals surface area contributed by atoms with E-state index in [4.69, 9.17) is 0 Å². The van der Waals surface area contributed by atoms with Crippen molar-refractivity contribution in [1.82, 2.24) is 4.31 Å². The Morgan fingerprint density at radius 3 is 2.46 bits per heavy atom. The minimum atomic E-state index is -3.91. The summed E-state index contributed by atoms with van der Waals surface area (Å²) in [6.07, 6.45) is 4.23. The number of carboxylic acids is 1. The lowest BCUT2D eigenvalue weighted by atomic mass is 9.85. The van der Waals surface area contributed by atoms with Gasteiger partial charge in [-0.15, -0.1) is 0 Å². The van der Waals surface area contributed by atoms with Crippen LogP contribution in [0.1, 0.15) is 45.4 Å². The molecule has 1 saturated carbocycles. The quantitative estimate of drug-likeness (QED) is 0.816. The van der Waals surface area contributed by atoms with Crippen LogP contribution in [0.15, 0.2) is 29.2 Å². The molecule has 0 spiro atoms. The molecule has 0 radical (unpaired) electrons. The van der Waals surface area contributed by atoms with Gasteiger partial charge in [-0.3, -0.25) is 9.59 Å². The fourth-order valence-electron chi connectivity index (χ4n) is 4.06. The van der Waals surface area contributed by atoms with Gasteiger partial charge in [0, 0.05) is 18.2 Å². The normalized spacial score (nSPS) is 26.3. The molecular weight excluding hydrogens is 356 g/mol. The minimum Gasteiger partial charge on any atom is -0.480 e. The van der Waals surface area contributed by atoms with Crippen LogP contribution in [0.4, 0.5) is 5.69 Å². The highest BCUT2D eigenvalue weighted by Gasteiger charge is 2.51. The molecule has 0 aromatic heterocycles. The molecule has 1 aliphatic heterocycles. The van der Waals surface area contributed by atoms with Gasteiger partial charge in [-0.05, 0) is 49.4 Å². The molecule has 0 bridgehead atoms. The zero-order valence-corrected chi connectivity index (χ0v) is 15.5. The summed E-state index contributed by atoms with van der Waals surface area (Å²) in [7, 11) is -3.91. The van der Waals surface area contributed by atoms with Gasteiger partial charge in [-0.25, -0.2) is 8.42 Å². The zero-order valence-electron chi connectivity index (χ0n) is 14.7. The summed E-state index contributed by atoms with van der Waals surface area (Å²) in [6.45, 7) is 1.73. The molecule has 2 fully saturated rings. The van der Waals surface area contributed by atoms with E-state index in [0.29, 0.717) is 24.9 Å². The number of rotatable bonds is 5. The summed E-state index contributed by atoms with van der Waals surface area (Å²) in [6, 6.07) is 4.67. The first-order chi connectivity index (χ1) is 12.3. The van der Waals surface area contributed by atoms with E-state index in [2.05, 4.69) is 5.32 Å². The van der Waals surface area contributed by atoms with Gasteiger partial charge >= 0.3 is 5.97 Å². The number of nitrogens with zero attached hydrogens (tertiary/aromatic N) is 1. The fraction of sp³-hybridized carbons (Fsp3) is 0.556. The maximum atomic E-state index is 13.2. The van der Waals surface area contributed by atoms with E-state index in [1.54, 1.807) is 6.92 Å². The number of hydrogen-bond donors (Lipinski definition) is 2. The third-order valence-electron chi connectivity index (χ3n) is 5.35. The Morgan fingerprint density at radius 2 is 1.85 bits per heavy atom. The Morgan fingerprint density at radius 1 is 1.19 bits per heavy atom. The number of carbonyl (C=O) groups is 2. The molecule has 1 amide bonds. The number of fused-ring (bicyclic) bond motifs is 1. The molecular formula is C18H24N2O5S. The first-order valence-corrected chi connectivity index (χ1v) is 10.4. The van der Waals surface area contributed by atoms with Gasteiger partial charge in [-0.2, -0.15) is 4.31 Å². The second-order valence-corrected chi connectivity index (χ2v) is 8.81. The molecule has 7 nitrogen and oxygen atoms in total. The lowest BCUT2D eigenvalue weighted by Gasteiger charge is -2.32. The van der Waals surface area contributed by atoms with Crippen molar-refractivity contribution >= 4 is 27.6 Å². The summed E-state index contributed by atoms with van der Waals surface area (Å²) in [4.78, 5) is 23.2. The van der Waals surface area contributed by atoms with Crippen molar-refractivity contribution in [3.63, 3.8) is 0 Å². The Hall–Kier alpha value is -1.93. The lowest BCUT2D eigenvalue weighted by molar-refractivity contribution is -0.141. The fourth-order valence-corrected chi connectivity index (χ4v) is 5.93. The van der Waals surface area contributed by atoms with Crippen molar-refractivity contribution < 1.29 is 23.1 Å². The third-order valence-corrected chi connectivity index (χ3v) is 7.30. The maximum absolute atomic E-state index is 13.2. The number of anilines is 1. The van der Waals surface area contributed by atoms with Crippen molar-refractivity contribution in [2.45, 2.75) is 62.4 Å². The molecule has 2 aliphatic rings. The molecule has 3 atom stereocenters. The molecule has 3 rings (SSSR count). The zero-order chi connectivity index (χ0) is 18.9. The summed E-state index contributed by atoms with van der Waals surface area (Å²) in [5.41, 5.74) is 0.516. The summed E-state index contributed by atoms with van der Waals surface area (Å²) in [5.74, 6) is -1.13. The van der Waals surface area contributed by atoms with Crippen LogP contribution in [0.2, 0.25) is 0 Å². The van der Waals surface area contributed by atoms with Crippen molar-refractivity contribution in [3.8, 4) is 0 Å². The van der Waals surface area contributed by atoms with E-state index >= 15 is 0 Å². The van der Waals surface area contributed by atoms with Crippen LogP contribution in [0.3, 0.4) is 0 Å². The molecule has 26 heavy (non-hydrogen) atoms. The average Bonchev–Trinajstić information content (AvgIpc) is 3.02. The number of aliphatic carboxylic acids is 1. The number of carboxylic acid groups (broad SMARTS) is 1. The number of nitrogens with one attached hydrogen (secondary N) is 1. The minimum absolute atomic E-state index is 0.0597. The van der Waals surface area contributed by atoms with Crippen LogP contribution in [-0.4, -0.2) is 41.8 Å². The van der Waals surface area contributed by atoms with E-state index in [0.717, 1.165) is 19.3 Å². The van der Waals surface area contributed by atoms with Crippen molar-refractivity contribution in [3.05, 3.63) is 24.3 Å². The van der Waals surface area contributed by atoms with Crippen LogP contribution in [0, 0.1) is 5.92 Å². The average molecular weight is 380 g/mol. The standard InChI is InChI=1S/C18H24N2O5S/c1-2-17(21)19-13-7-9-14(10-8-13)26(24,25)20-15-6-4-3-5-12(15)11-16(20)18(22)23/h7-10,12,15-16H,2-6,11H2,1H3,(H,19,21)(H,22,23). The summed E-state index contributed by atoms with van der Waals surface area (Å²) < 4.78 is 27.6. The van der Waals surface area contributed by atoms with E-state index in [1.165, 1.54) is 28.6 Å². The second kappa shape index (κ2) is 7.36. The molecule has 142 valence electrons. The topological polar surface area (TPSA) is 104 Å². The van der Waals surface area contributed by atoms with E-state index in [-0.39, 0.29) is 22.8 Å². The molecule has 3 unspecified atom stereocenters. The smallest absolute Gasteiger partial charge is 0.322 e. The van der Waals surface area contributed by atoms with Crippen molar-refractivity contribution in [1.29, 1.82) is 0 Å².